The van der Waals surface area contributed by atoms with Gasteiger partial charge in [0.15, 0.2) is 6.61 Å². The zero-order valence-corrected chi connectivity index (χ0v) is 14.2. The lowest BCUT2D eigenvalue weighted by atomic mass is 10.3. The largest absolute Gasteiger partial charge is 0.460 e. The highest BCUT2D eigenvalue weighted by molar-refractivity contribution is 9.10. The lowest BCUT2D eigenvalue weighted by Crippen LogP contribution is -2.31. The van der Waals surface area contributed by atoms with Crippen LogP contribution in [0.1, 0.15) is 0 Å². The molecule has 4 nitrogen and oxygen atoms in total. The molecular formula is C16H13BrN2O2S. The van der Waals surface area contributed by atoms with Gasteiger partial charge in [-0.05, 0) is 30.3 Å². The molecule has 0 N–H and O–H groups in total. The van der Waals surface area contributed by atoms with E-state index in [2.05, 4.69) is 20.9 Å². The number of amides is 1. The molecule has 0 unspecified atom stereocenters. The van der Waals surface area contributed by atoms with Crippen LogP contribution in [-0.4, -0.2) is 24.5 Å². The number of thiazole rings is 1. The van der Waals surface area contributed by atoms with E-state index in [1.807, 2.05) is 48.5 Å². The van der Waals surface area contributed by atoms with Crippen LogP contribution in [0.3, 0.4) is 0 Å². The van der Waals surface area contributed by atoms with Gasteiger partial charge in [-0.15, -0.1) is 0 Å². The molecule has 0 bridgehead atoms. The Balaban J connectivity index is 1.66. The van der Waals surface area contributed by atoms with E-state index >= 15 is 0 Å². The van der Waals surface area contributed by atoms with Crippen molar-refractivity contribution in [1.82, 2.24) is 4.98 Å². The number of fused-ring (bicyclic) bond motifs is 1. The molecule has 6 heteroatoms. The summed E-state index contributed by atoms with van der Waals surface area (Å²) < 4.78 is 7.50. The Hall–Kier alpha value is -1.92. The predicted molar refractivity (Wildman–Crippen MR) is 92.7 cm³/mol. The summed E-state index contributed by atoms with van der Waals surface area (Å²) in [6.07, 6.45) is 0. The van der Waals surface area contributed by atoms with Crippen LogP contribution in [0, 0.1) is 0 Å². The van der Waals surface area contributed by atoms with Crippen LogP contribution in [-0.2, 0) is 4.79 Å². The van der Waals surface area contributed by atoms with Gasteiger partial charge in [-0.1, -0.05) is 45.5 Å². The van der Waals surface area contributed by atoms with E-state index in [0.717, 1.165) is 20.4 Å². The second kappa shape index (κ2) is 6.46. The van der Waals surface area contributed by atoms with Crippen LogP contribution in [0.5, 0.6) is 5.19 Å². The maximum atomic E-state index is 12.2. The molecule has 0 atom stereocenters. The number of nitrogens with zero attached hydrogens (tertiary/aromatic N) is 2. The minimum Gasteiger partial charge on any atom is -0.460 e. The fraction of sp³-hybridized carbons (Fsp3) is 0.125. The van der Waals surface area contributed by atoms with E-state index < -0.39 is 0 Å². The second-order valence-electron chi connectivity index (χ2n) is 4.67. The van der Waals surface area contributed by atoms with Crippen molar-refractivity contribution < 1.29 is 9.53 Å². The molecule has 1 heterocycles. The van der Waals surface area contributed by atoms with Gasteiger partial charge in [-0.25, -0.2) is 4.98 Å². The number of aromatic nitrogens is 1. The zero-order chi connectivity index (χ0) is 15.5. The minimum atomic E-state index is -0.127. The molecule has 112 valence electrons. The SMILES string of the molecule is CN(C(=O)COc1nc2ccccc2s1)c1cccc(Br)c1. The summed E-state index contributed by atoms with van der Waals surface area (Å²) >= 11 is 4.83. The summed E-state index contributed by atoms with van der Waals surface area (Å²) in [6.45, 7) is -0.0389. The van der Waals surface area contributed by atoms with Gasteiger partial charge in [0, 0.05) is 17.2 Å². The van der Waals surface area contributed by atoms with Gasteiger partial charge in [-0.3, -0.25) is 4.79 Å². The van der Waals surface area contributed by atoms with Crippen molar-refractivity contribution in [3.63, 3.8) is 0 Å². The number of para-hydroxylation sites is 1. The van der Waals surface area contributed by atoms with Crippen LogP contribution in [0.4, 0.5) is 5.69 Å². The van der Waals surface area contributed by atoms with Crippen LogP contribution < -0.4 is 9.64 Å². The molecule has 3 rings (SSSR count). The van der Waals surface area contributed by atoms with E-state index in [4.69, 9.17) is 4.74 Å². The van der Waals surface area contributed by atoms with Crippen molar-refractivity contribution in [2.24, 2.45) is 0 Å². The van der Waals surface area contributed by atoms with Gasteiger partial charge in [0.05, 0.1) is 10.2 Å². The molecule has 0 saturated heterocycles. The van der Waals surface area contributed by atoms with Crippen molar-refractivity contribution in [2.75, 3.05) is 18.6 Å². The molecule has 0 aliphatic carbocycles. The average molecular weight is 377 g/mol. The number of carbonyl (C=O) groups excluding carboxylic acids is 1. The average Bonchev–Trinajstić information content (AvgIpc) is 2.94. The van der Waals surface area contributed by atoms with Gasteiger partial charge in [0.25, 0.3) is 11.1 Å². The lowest BCUT2D eigenvalue weighted by Gasteiger charge is -2.17. The molecule has 22 heavy (non-hydrogen) atoms. The first-order valence-corrected chi connectivity index (χ1v) is 8.25. The first kappa shape index (κ1) is 15.0. The third kappa shape index (κ3) is 3.28. The molecule has 1 aromatic heterocycles. The first-order valence-electron chi connectivity index (χ1n) is 6.64. The highest BCUT2D eigenvalue weighted by Crippen LogP contribution is 2.27. The third-order valence-electron chi connectivity index (χ3n) is 3.16. The van der Waals surface area contributed by atoms with Crippen LogP contribution in [0.2, 0.25) is 0 Å². The van der Waals surface area contributed by atoms with Crippen molar-refractivity contribution >= 4 is 49.1 Å². The highest BCUT2D eigenvalue weighted by Gasteiger charge is 2.13. The Morgan fingerprint density at radius 3 is 2.86 bits per heavy atom. The number of halogens is 1. The molecule has 2 aromatic carbocycles. The van der Waals surface area contributed by atoms with E-state index in [9.17, 15) is 4.79 Å². The molecule has 0 aliphatic heterocycles. The van der Waals surface area contributed by atoms with Gasteiger partial charge >= 0.3 is 0 Å². The summed E-state index contributed by atoms with van der Waals surface area (Å²) in [4.78, 5) is 18.1. The first-order chi connectivity index (χ1) is 10.6. The Morgan fingerprint density at radius 2 is 2.09 bits per heavy atom. The highest BCUT2D eigenvalue weighted by atomic mass is 79.9. The second-order valence-corrected chi connectivity index (χ2v) is 6.58. The van der Waals surface area contributed by atoms with Gasteiger partial charge in [-0.2, -0.15) is 0 Å². The van der Waals surface area contributed by atoms with E-state index in [1.54, 1.807) is 11.9 Å². The van der Waals surface area contributed by atoms with Crippen molar-refractivity contribution in [3.8, 4) is 5.19 Å². The summed E-state index contributed by atoms with van der Waals surface area (Å²) in [6, 6.07) is 15.4. The van der Waals surface area contributed by atoms with Crippen molar-refractivity contribution in [1.29, 1.82) is 0 Å². The zero-order valence-electron chi connectivity index (χ0n) is 11.8. The molecule has 0 radical (unpaired) electrons. The number of carbonyl (C=O) groups is 1. The molecule has 0 spiro atoms. The molecule has 3 aromatic rings. The smallest absolute Gasteiger partial charge is 0.274 e. The number of hydrogen-bond donors (Lipinski definition) is 0. The minimum absolute atomic E-state index is 0.0389. The maximum absolute atomic E-state index is 12.2. The van der Waals surface area contributed by atoms with Crippen LogP contribution >= 0.6 is 27.3 Å². The quantitative estimate of drug-likeness (QED) is 0.688. The topological polar surface area (TPSA) is 42.4 Å². The lowest BCUT2D eigenvalue weighted by molar-refractivity contribution is -0.120. The summed E-state index contributed by atoms with van der Waals surface area (Å²) in [5.74, 6) is -0.127. The number of likely N-dealkylation sites (N-methyl/N-ethyl adjacent to an activating group) is 1. The molecule has 1 amide bonds. The molecule has 0 saturated carbocycles. The Labute approximate surface area is 140 Å². The van der Waals surface area contributed by atoms with E-state index in [1.165, 1.54) is 11.3 Å². The molecule has 0 aliphatic rings. The Morgan fingerprint density at radius 1 is 1.27 bits per heavy atom. The van der Waals surface area contributed by atoms with E-state index in [0.29, 0.717) is 5.19 Å². The van der Waals surface area contributed by atoms with Gasteiger partial charge in [0.1, 0.15) is 0 Å². The maximum Gasteiger partial charge on any atom is 0.274 e. The monoisotopic (exact) mass is 376 g/mol. The molecule has 0 fully saturated rings. The van der Waals surface area contributed by atoms with Crippen LogP contribution in [0.25, 0.3) is 10.2 Å². The van der Waals surface area contributed by atoms with E-state index in [-0.39, 0.29) is 12.5 Å². The Bertz CT molecular complexity index is 786. The number of benzene rings is 2. The summed E-state index contributed by atoms with van der Waals surface area (Å²) in [7, 11) is 1.73. The van der Waals surface area contributed by atoms with Crippen LogP contribution in [0.15, 0.2) is 53.0 Å². The standard InChI is InChI=1S/C16H13BrN2O2S/c1-19(12-6-4-5-11(17)9-12)15(20)10-21-16-18-13-7-2-3-8-14(13)22-16/h2-9H,10H2,1H3. The predicted octanol–water partition coefficient (Wildman–Crippen LogP) is 4.10. The third-order valence-corrected chi connectivity index (χ3v) is 4.61. The fourth-order valence-electron chi connectivity index (χ4n) is 1.96. The number of ether oxygens (including phenoxy) is 1. The molecular weight excluding hydrogens is 364 g/mol. The summed E-state index contributed by atoms with van der Waals surface area (Å²) in [5, 5.41) is 0.511. The van der Waals surface area contributed by atoms with Crippen molar-refractivity contribution in [3.05, 3.63) is 53.0 Å². The van der Waals surface area contributed by atoms with Gasteiger partial charge in [0.2, 0.25) is 0 Å². The summed E-state index contributed by atoms with van der Waals surface area (Å²) in [5.41, 5.74) is 1.70. The van der Waals surface area contributed by atoms with Crippen molar-refractivity contribution in [2.45, 2.75) is 0 Å². The Kier molecular flexibility index (Phi) is 4.40. The fourth-order valence-corrected chi connectivity index (χ4v) is 3.16. The van der Waals surface area contributed by atoms with Gasteiger partial charge < -0.3 is 9.64 Å². The number of anilines is 1. The number of hydrogen-bond acceptors (Lipinski definition) is 4. The normalized spacial score (nSPS) is 10.6. The number of rotatable bonds is 4.